The van der Waals surface area contributed by atoms with Crippen LogP contribution < -0.4 is 10.6 Å². The molecule has 0 fully saturated rings. The van der Waals surface area contributed by atoms with Crippen LogP contribution in [0.1, 0.15) is 12.0 Å². The fourth-order valence-electron chi connectivity index (χ4n) is 1.07. The molecule has 0 radical (unpaired) electrons. The summed E-state index contributed by atoms with van der Waals surface area (Å²) in [5.74, 6) is 0.0386. The van der Waals surface area contributed by atoms with Gasteiger partial charge in [-0.3, -0.25) is 4.79 Å². The minimum absolute atomic E-state index is 0.0386. The van der Waals surface area contributed by atoms with Crippen molar-refractivity contribution in [3.63, 3.8) is 0 Å². The number of hydrogen-bond acceptors (Lipinski definition) is 3. The number of nitrogens with zero attached hydrogens (tertiary/aromatic N) is 1. The van der Waals surface area contributed by atoms with Crippen LogP contribution in [0.4, 0.5) is 0 Å². The smallest absolute Gasteiger partial charge is 0.221 e. The molecule has 2 N–H and O–H groups in total. The number of aromatic nitrogens is 1. The molecule has 0 spiro atoms. The molecule has 1 aromatic heterocycles. The first-order valence-electron chi connectivity index (χ1n) is 4.74. The zero-order valence-corrected chi connectivity index (χ0v) is 9.34. The molecule has 0 saturated heterocycles. The number of nitrogens with one attached hydrogen (secondary N) is 2. The third-order valence-corrected chi connectivity index (χ3v) is 2.15. The summed E-state index contributed by atoms with van der Waals surface area (Å²) in [7, 11) is 1.63. The van der Waals surface area contributed by atoms with E-state index in [9.17, 15) is 4.79 Å². The van der Waals surface area contributed by atoms with Crippen LogP contribution in [-0.2, 0) is 11.3 Å². The van der Waals surface area contributed by atoms with Crippen molar-refractivity contribution in [3.8, 4) is 0 Å². The first-order chi connectivity index (χ1) is 7.22. The first-order valence-corrected chi connectivity index (χ1v) is 5.12. The van der Waals surface area contributed by atoms with E-state index in [-0.39, 0.29) is 5.91 Å². The quantitative estimate of drug-likeness (QED) is 0.582. The Hall–Kier alpha value is -1.13. The number of halogens is 1. The number of carbonyl (C=O) groups excluding carboxylic acids is 1. The molecule has 5 heteroatoms. The number of hydrogen-bond donors (Lipinski definition) is 2. The second-order valence-corrected chi connectivity index (χ2v) is 3.48. The van der Waals surface area contributed by atoms with E-state index >= 15 is 0 Å². The van der Waals surface area contributed by atoms with Crippen LogP contribution in [0.5, 0.6) is 0 Å². The van der Waals surface area contributed by atoms with Gasteiger partial charge in [0.05, 0.1) is 0 Å². The lowest BCUT2D eigenvalue weighted by Crippen LogP contribution is -2.24. The zero-order chi connectivity index (χ0) is 11.1. The molecule has 1 aromatic rings. The van der Waals surface area contributed by atoms with E-state index in [1.165, 1.54) is 0 Å². The van der Waals surface area contributed by atoms with Crippen molar-refractivity contribution in [1.82, 2.24) is 15.6 Å². The Morgan fingerprint density at radius 2 is 2.33 bits per heavy atom. The summed E-state index contributed by atoms with van der Waals surface area (Å²) < 4.78 is 0. The maximum atomic E-state index is 10.9. The predicted molar refractivity (Wildman–Crippen MR) is 59.6 cm³/mol. The van der Waals surface area contributed by atoms with Gasteiger partial charge < -0.3 is 10.6 Å². The normalized spacial score (nSPS) is 10.0. The van der Waals surface area contributed by atoms with Gasteiger partial charge in [-0.2, -0.15) is 0 Å². The molecule has 0 aliphatic heterocycles. The zero-order valence-electron chi connectivity index (χ0n) is 8.59. The molecule has 0 saturated carbocycles. The summed E-state index contributed by atoms with van der Waals surface area (Å²) in [4.78, 5) is 14.8. The van der Waals surface area contributed by atoms with E-state index in [2.05, 4.69) is 15.6 Å². The highest BCUT2D eigenvalue weighted by atomic mass is 35.5. The lowest BCUT2D eigenvalue weighted by molar-refractivity contribution is -0.120. The number of carbonyl (C=O) groups is 1. The van der Waals surface area contributed by atoms with E-state index in [1.807, 2.05) is 6.07 Å². The highest BCUT2D eigenvalue weighted by Gasteiger charge is 1.97. The van der Waals surface area contributed by atoms with E-state index in [0.29, 0.717) is 24.7 Å². The Bertz CT molecular complexity index is 313. The molecule has 1 heterocycles. The van der Waals surface area contributed by atoms with E-state index in [4.69, 9.17) is 11.6 Å². The van der Waals surface area contributed by atoms with Crippen LogP contribution in [0.2, 0.25) is 5.15 Å². The van der Waals surface area contributed by atoms with Crippen molar-refractivity contribution in [2.45, 2.75) is 13.0 Å². The van der Waals surface area contributed by atoms with Gasteiger partial charge >= 0.3 is 0 Å². The third-order valence-electron chi connectivity index (χ3n) is 1.93. The van der Waals surface area contributed by atoms with Crippen LogP contribution in [0.25, 0.3) is 0 Å². The lowest BCUT2D eigenvalue weighted by Gasteiger charge is -2.03. The summed E-state index contributed by atoms with van der Waals surface area (Å²) in [6, 6.07) is 3.65. The van der Waals surface area contributed by atoms with E-state index in [0.717, 1.165) is 5.56 Å². The van der Waals surface area contributed by atoms with Gasteiger partial charge in [0.15, 0.2) is 0 Å². The van der Waals surface area contributed by atoms with Gasteiger partial charge in [-0.05, 0) is 11.6 Å². The summed E-state index contributed by atoms with van der Waals surface area (Å²) in [5.41, 5.74) is 1.05. The van der Waals surface area contributed by atoms with Crippen molar-refractivity contribution >= 4 is 17.5 Å². The van der Waals surface area contributed by atoms with Gasteiger partial charge in [0.1, 0.15) is 5.15 Å². The van der Waals surface area contributed by atoms with Gasteiger partial charge in [0, 0.05) is 32.8 Å². The molecular weight excluding hydrogens is 214 g/mol. The van der Waals surface area contributed by atoms with Crippen LogP contribution in [0, 0.1) is 0 Å². The topological polar surface area (TPSA) is 54.0 Å². The molecule has 0 aliphatic rings. The van der Waals surface area contributed by atoms with Crippen LogP contribution in [0.15, 0.2) is 18.3 Å². The summed E-state index contributed by atoms with van der Waals surface area (Å²) >= 11 is 5.65. The average Bonchev–Trinajstić information content (AvgIpc) is 2.26. The highest BCUT2D eigenvalue weighted by molar-refractivity contribution is 6.29. The largest absolute Gasteiger partial charge is 0.359 e. The highest BCUT2D eigenvalue weighted by Crippen LogP contribution is 2.04. The molecule has 0 unspecified atom stereocenters. The SMILES string of the molecule is CNC(=O)CCNCc1ccc(Cl)nc1. The molecule has 4 nitrogen and oxygen atoms in total. The number of rotatable bonds is 5. The van der Waals surface area contributed by atoms with Gasteiger partial charge in [-0.1, -0.05) is 17.7 Å². The van der Waals surface area contributed by atoms with Crippen molar-refractivity contribution < 1.29 is 4.79 Å². The molecule has 0 bridgehead atoms. The van der Waals surface area contributed by atoms with Crippen molar-refractivity contribution in [2.75, 3.05) is 13.6 Å². The maximum absolute atomic E-state index is 10.9. The molecule has 0 aromatic carbocycles. The summed E-state index contributed by atoms with van der Waals surface area (Å²) in [5, 5.41) is 6.19. The molecule has 0 aliphatic carbocycles. The predicted octanol–water partition coefficient (Wildman–Crippen LogP) is 0.961. The number of amides is 1. The Morgan fingerprint density at radius 1 is 1.53 bits per heavy atom. The van der Waals surface area contributed by atoms with E-state index < -0.39 is 0 Å². The van der Waals surface area contributed by atoms with Crippen LogP contribution in [-0.4, -0.2) is 24.5 Å². The Balaban J connectivity index is 2.20. The fourth-order valence-corrected chi connectivity index (χ4v) is 1.18. The van der Waals surface area contributed by atoms with Crippen molar-refractivity contribution in [2.24, 2.45) is 0 Å². The van der Waals surface area contributed by atoms with Crippen LogP contribution in [0.3, 0.4) is 0 Å². The monoisotopic (exact) mass is 227 g/mol. The second kappa shape index (κ2) is 6.37. The Kier molecular flexibility index (Phi) is 5.07. The minimum atomic E-state index is 0.0386. The number of pyridine rings is 1. The van der Waals surface area contributed by atoms with Gasteiger partial charge in [-0.15, -0.1) is 0 Å². The second-order valence-electron chi connectivity index (χ2n) is 3.09. The summed E-state index contributed by atoms with van der Waals surface area (Å²) in [6.45, 7) is 1.35. The Morgan fingerprint density at radius 3 is 2.93 bits per heavy atom. The molecular formula is C10H14ClN3O. The fraction of sp³-hybridized carbons (Fsp3) is 0.400. The lowest BCUT2D eigenvalue weighted by atomic mass is 10.3. The molecule has 15 heavy (non-hydrogen) atoms. The van der Waals surface area contributed by atoms with Gasteiger partial charge in [0.2, 0.25) is 5.91 Å². The average molecular weight is 228 g/mol. The van der Waals surface area contributed by atoms with Crippen molar-refractivity contribution in [3.05, 3.63) is 29.0 Å². The van der Waals surface area contributed by atoms with Gasteiger partial charge in [-0.25, -0.2) is 4.98 Å². The van der Waals surface area contributed by atoms with Gasteiger partial charge in [0.25, 0.3) is 0 Å². The standard InChI is InChI=1S/C10H14ClN3O/c1-12-10(15)4-5-13-6-8-2-3-9(11)14-7-8/h2-3,7,13H,4-6H2,1H3,(H,12,15). The minimum Gasteiger partial charge on any atom is -0.359 e. The molecule has 82 valence electrons. The molecule has 0 atom stereocenters. The third kappa shape index (κ3) is 4.76. The molecule has 1 rings (SSSR count). The van der Waals surface area contributed by atoms with Crippen LogP contribution >= 0.6 is 11.6 Å². The van der Waals surface area contributed by atoms with E-state index in [1.54, 1.807) is 19.3 Å². The first kappa shape index (κ1) is 11.9. The van der Waals surface area contributed by atoms with Crippen molar-refractivity contribution in [1.29, 1.82) is 0 Å². The maximum Gasteiger partial charge on any atom is 0.221 e. The Labute approximate surface area is 94.0 Å². The molecule has 1 amide bonds. The summed E-state index contributed by atoms with van der Waals surface area (Å²) in [6.07, 6.45) is 2.20.